The number of sulfonamides is 2. The zero-order valence-electron chi connectivity index (χ0n) is 11.2. The molecule has 0 radical (unpaired) electrons. The van der Waals surface area contributed by atoms with E-state index >= 15 is 0 Å². The SMILES string of the molecule is CS(=O)(=O)Nc1ccc(NS(=O)(=O)CCCC(=O)O)cc1. The van der Waals surface area contributed by atoms with Gasteiger partial charge >= 0.3 is 5.97 Å². The Labute approximate surface area is 123 Å². The van der Waals surface area contributed by atoms with Crippen LogP contribution >= 0.6 is 0 Å². The number of aliphatic carboxylic acids is 1. The number of benzene rings is 1. The van der Waals surface area contributed by atoms with Crippen molar-refractivity contribution in [1.29, 1.82) is 0 Å². The normalized spacial score (nSPS) is 11.9. The molecule has 21 heavy (non-hydrogen) atoms. The van der Waals surface area contributed by atoms with E-state index in [9.17, 15) is 21.6 Å². The largest absolute Gasteiger partial charge is 0.481 e. The van der Waals surface area contributed by atoms with Crippen LogP contribution in [-0.4, -0.2) is 39.9 Å². The average Bonchev–Trinajstić information content (AvgIpc) is 2.28. The van der Waals surface area contributed by atoms with E-state index in [2.05, 4.69) is 9.44 Å². The highest BCUT2D eigenvalue weighted by Crippen LogP contribution is 2.16. The Bertz CT molecular complexity index is 695. The van der Waals surface area contributed by atoms with Gasteiger partial charge in [0.15, 0.2) is 0 Å². The molecule has 0 fully saturated rings. The fourth-order valence-corrected chi connectivity index (χ4v) is 3.15. The van der Waals surface area contributed by atoms with Crippen molar-refractivity contribution in [3.05, 3.63) is 24.3 Å². The van der Waals surface area contributed by atoms with E-state index in [1.54, 1.807) is 0 Å². The van der Waals surface area contributed by atoms with Gasteiger partial charge in [0.2, 0.25) is 20.0 Å². The molecule has 8 nitrogen and oxygen atoms in total. The summed E-state index contributed by atoms with van der Waals surface area (Å²) in [4.78, 5) is 10.3. The van der Waals surface area contributed by atoms with Crippen molar-refractivity contribution < 1.29 is 26.7 Å². The first-order valence-corrected chi connectivity index (χ1v) is 9.42. The van der Waals surface area contributed by atoms with Crippen LogP contribution in [0.1, 0.15) is 12.8 Å². The molecule has 0 bridgehead atoms. The van der Waals surface area contributed by atoms with Gasteiger partial charge in [-0.3, -0.25) is 14.2 Å². The molecule has 0 spiro atoms. The van der Waals surface area contributed by atoms with E-state index in [0.717, 1.165) is 6.26 Å². The first-order chi connectivity index (χ1) is 9.57. The van der Waals surface area contributed by atoms with Crippen LogP contribution in [0, 0.1) is 0 Å². The van der Waals surface area contributed by atoms with Crippen molar-refractivity contribution in [2.75, 3.05) is 21.5 Å². The lowest BCUT2D eigenvalue weighted by atomic mass is 10.3. The van der Waals surface area contributed by atoms with Crippen molar-refractivity contribution in [2.45, 2.75) is 12.8 Å². The molecule has 1 aromatic rings. The monoisotopic (exact) mass is 336 g/mol. The van der Waals surface area contributed by atoms with Crippen LogP contribution in [-0.2, 0) is 24.8 Å². The Balaban J connectivity index is 2.64. The van der Waals surface area contributed by atoms with Crippen molar-refractivity contribution in [3.63, 3.8) is 0 Å². The maximum Gasteiger partial charge on any atom is 0.303 e. The number of hydrogen-bond donors (Lipinski definition) is 3. The van der Waals surface area contributed by atoms with Gasteiger partial charge in [-0.2, -0.15) is 0 Å². The van der Waals surface area contributed by atoms with E-state index in [1.807, 2.05) is 0 Å². The van der Waals surface area contributed by atoms with Crippen molar-refractivity contribution >= 4 is 37.4 Å². The van der Waals surface area contributed by atoms with E-state index in [-0.39, 0.29) is 24.3 Å². The minimum absolute atomic E-state index is 0.0123. The topological polar surface area (TPSA) is 130 Å². The highest BCUT2D eigenvalue weighted by molar-refractivity contribution is 7.92. The van der Waals surface area contributed by atoms with Crippen LogP contribution < -0.4 is 9.44 Å². The molecular formula is C11H16N2O6S2. The molecule has 0 aliphatic heterocycles. The number of rotatable bonds is 8. The van der Waals surface area contributed by atoms with Gasteiger partial charge in [0.1, 0.15) is 0 Å². The molecule has 0 atom stereocenters. The van der Waals surface area contributed by atoms with Crippen LogP contribution in [0.4, 0.5) is 11.4 Å². The molecule has 1 rings (SSSR count). The second-order valence-corrected chi connectivity index (χ2v) is 7.96. The summed E-state index contributed by atoms with van der Waals surface area (Å²) in [7, 11) is -7.02. The average molecular weight is 336 g/mol. The Morgan fingerprint density at radius 2 is 1.52 bits per heavy atom. The number of carboxylic acid groups (broad SMARTS) is 1. The third-order valence-corrected chi connectivity index (χ3v) is 4.24. The fourth-order valence-electron chi connectivity index (χ4n) is 1.46. The number of carboxylic acids is 1. The van der Waals surface area contributed by atoms with Gasteiger partial charge < -0.3 is 5.11 Å². The molecule has 0 unspecified atom stereocenters. The number of nitrogens with one attached hydrogen (secondary N) is 2. The van der Waals surface area contributed by atoms with Gasteiger partial charge in [-0.15, -0.1) is 0 Å². The quantitative estimate of drug-likeness (QED) is 0.639. The molecule has 118 valence electrons. The maximum atomic E-state index is 11.7. The molecular weight excluding hydrogens is 320 g/mol. The van der Waals surface area contributed by atoms with E-state index in [4.69, 9.17) is 5.11 Å². The van der Waals surface area contributed by atoms with E-state index in [0.29, 0.717) is 5.69 Å². The second kappa shape index (κ2) is 6.76. The van der Waals surface area contributed by atoms with Crippen LogP contribution in [0.25, 0.3) is 0 Å². The third kappa shape index (κ3) is 7.51. The molecule has 1 aromatic carbocycles. The fraction of sp³-hybridized carbons (Fsp3) is 0.364. The summed E-state index contributed by atoms with van der Waals surface area (Å²) in [5.41, 5.74) is 0.579. The molecule has 10 heteroatoms. The molecule has 0 saturated carbocycles. The van der Waals surface area contributed by atoms with E-state index in [1.165, 1.54) is 24.3 Å². The smallest absolute Gasteiger partial charge is 0.303 e. The van der Waals surface area contributed by atoms with Crippen LogP contribution in [0.15, 0.2) is 24.3 Å². The van der Waals surface area contributed by atoms with Gasteiger partial charge in [-0.25, -0.2) is 16.8 Å². The molecule has 0 heterocycles. The standard InChI is InChI=1S/C11H16N2O6S2/c1-20(16,17)12-9-4-6-10(7-5-9)13-21(18,19)8-2-3-11(14)15/h4-7,12-13H,2-3,8H2,1H3,(H,14,15). The Morgan fingerprint density at radius 1 is 1.05 bits per heavy atom. The minimum Gasteiger partial charge on any atom is -0.481 e. The van der Waals surface area contributed by atoms with Crippen molar-refractivity contribution in [1.82, 2.24) is 0 Å². The zero-order chi connectivity index (χ0) is 16.1. The summed E-state index contributed by atoms with van der Waals surface area (Å²) in [5.74, 6) is -1.36. The Kier molecular flexibility index (Phi) is 5.55. The Hall–Kier alpha value is -1.81. The third-order valence-electron chi connectivity index (χ3n) is 2.27. The maximum absolute atomic E-state index is 11.7. The molecule has 3 N–H and O–H groups in total. The van der Waals surface area contributed by atoms with Crippen molar-refractivity contribution in [2.24, 2.45) is 0 Å². The predicted octanol–water partition coefficient (Wildman–Crippen LogP) is 0.665. The second-order valence-electron chi connectivity index (χ2n) is 4.37. The first kappa shape index (κ1) is 17.2. The van der Waals surface area contributed by atoms with Gasteiger partial charge in [0, 0.05) is 17.8 Å². The van der Waals surface area contributed by atoms with Crippen molar-refractivity contribution in [3.8, 4) is 0 Å². The molecule has 0 aromatic heterocycles. The Morgan fingerprint density at radius 3 is 1.95 bits per heavy atom. The molecule has 0 aliphatic carbocycles. The van der Waals surface area contributed by atoms with Crippen LogP contribution in [0.2, 0.25) is 0 Å². The summed E-state index contributed by atoms with van der Waals surface area (Å²) < 4.78 is 49.9. The lowest BCUT2D eigenvalue weighted by Crippen LogP contribution is -2.17. The van der Waals surface area contributed by atoms with Gasteiger partial charge in [0.05, 0.1) is 12.0 Å². The number of carbonyl (C=O) groups is 1. The summed E-state index contributed by atoms with van der Waals surface area (Å²) in [5, 5.41) is 8.45. The van der Waals surface area contributed by atoms with E-state index < -0.39 is 26.0 Å². The summed E-state index contributed by atoms with van der Waals surface area (Å²) >= 11 is 0. The number of hydrogen-bond acceptors (Lipinski definition) is 5. The lowest BCUT2D eigenvalue weighted by molar-refractivity contribution is -0.137. The lowest BCUT2D eigenvalue weighted by Gasteiger charge is -2.09. The highest BCUT2D eigenvalue weighted by Gasteiger charge is 2.11. The zero-order valence-corrected chi connectivity index (χ0v) is 12.9. The van der Waals surface area contributed by atoms with Gasteiger partial charge in [-0.1, -0.05) is 0 Å². The summed E-state index contributed by atoms with van der Waals surface area (Å²) in [6.07, 6.45) is 0.794. The number of anilines is 2. The summed E-state index contributed by atoms with van der Waals surface area (Å²) in [6, 6.07) is 5.64. The van der Waals surface area contributed by atoms with Gasteiger partial charge in [-0.05, 0) is 30.7 Å². The van der Waals surface area contributed by atoms with Gasteiger partial charge in [0.25, 0.3) is 0 Å². The minimum atomic E-state index is -3.63. The first-order valence-electron chi connectivity index (χ1n) is 5.87. The molecule has 0 aliphatic rings. The highest BCUT2D eigenvalue weighted by atomic mass is 32.2. The van der Waals surface area contributed by atoms with Crippen LogP contribution in [0.5, 0.6) is 0 Å². The molecule has 0 amide bonds. The summed E-state index contributed by atoms with van der Waals surface area (Å²) in [6.45, 7) is 0. The predicted molar refractivity (Wildman–Crippen MR) is 79.2 cm³/mol. The van der Waals surface area contributed by atoms with Crippen LogP contribution in [0.3, 0.4) is 0 Å². The molecule has 0 saturated heterocycles.